The highest BCUT2D eigenvalue weighted by Crippen LogP contribution is 2.34. The lowest BCUT2D eigenvalue weighted by Gasteiger charge is -2.15. The van der Waals surface area contributed by atoms with Crippen LogP contribution in [0.15, 0.2) is 36.4 Å². The summed E-state index contributed by atoms with van der Waals surface area (Å²) >= 11 is 0. The number of carbonyl (C=O) groups is 1. The summed E-state index contributed by atoms with van der Waals surface area (Å²) in [6, 6.07) is 10.8. The summed E-state index contributed by atoms with van der Waals surface area (Å²) in [5, 5.41) is 3.02. The van der Waals surface area contributed by atoms with E-state index in [1.54, 1.807) is 25.2 Å². The average Bonchev–Trinajstić information content (AvgIpc) is 2.59. The molecule has 2 aromatic rings. The summed E-state index contributed by atoms with van der Waals surface area (Å²) in [5.74, 6) is 0.744. The molecule has 0 aliphatic carbocycles. The molecule has 22 heavy (non-hydrogen) atoms. The van der Waals surface area contributed by atoms with Gasteiger partial charge in [-0.05, 0) is 29.8 Å². The lowest BCUT2D eigenvalue weighted by molar-refractivity contribution is 0.103. The van der Waals surface area contributed by atoms with Gasteiger partial charge < -0.3 is 20.5 Å². The van der Waals surface area contributed by atoms with E-state index in [0.717, 1.165) is 11.3 Å². The van der Waals surface area contributed by atoms with Gasteiger partial charge in [-0.15, -0.1) is 0 Å². The first-order chi connectivity index (χ1) is 10.7. The lowest BCUT2D eigenvalue weighted by atomic mass is 9.98. The molecule has 0 spiro atoms. The van der Waals surface area contributed by atoms with Crippen molar-refractivity contribution in [1.29, 1.82) is 0 Å². The molecular formula is C17H20N2O3. The predicted molar refractivity (Wildman–Crippen MR) is 86.9 cm³/mol. The van der Waals surface area contributed by atoms with Gasteiger partial charge in [0, 0.05) is 24.8 Å². The maximum absolute atomic E-state index is 13.0. The molecule has 2 rings (SSSR count). The number of nitrogens with two attached hydrogens (primary N) is 1. The Morgan fingerprint density at radius 2 is 1.73 bits per heavy atom. The normalized spacial score (nSPS) is 10.2. The van der Waals surface area contributed by atoms with Crippen molar-refractivity contribution in [3.8, 4) is 11.5 Å². The fourth-order valence-electron chi connectivity index (χ4n) is 2.34. The molecule has 116 valence electrons. The summed E-state index contributed by atoms with van der Waals surface area (Å²) in [6.07, 6.45) is 0. The molecule has 0 radical (unpaired) electrons. The van der Waals surface area contributed by atoms with E-state index in [2.05, 4.69) is 5.32 Å². The molecule has 0 fully saturated rings. The van der Waals surface area contributed by atoms with Gasteiger partial charge in [0.2, 0.25) is 5.78 Å². The van der Waals surface area contributed by atoms with Crippen LogP contribution in [0.4, 0.5) is 5.69 Å². The minimum atomic E-state index is -0.165. The topological polar surface area (TPSA) is 73.6 Å². The van der Waals surface area contributed by atoms with E-state index in [1.165, 1.54) is 14.2 Å². The summed E-state index contributed by atoms with van der Waals surface area (Å²) in [4.78, 5) is 13.0. The number of ether oxygens (including phenoxy) is 2. The minimum Gasteiger partial charge on any atom is -0.496 e. The highest BCUT2D eigenvalue weighted by Gasteiger charge is 2.22. The zero-order valence-electron chi connectivity index (χ0n) is 13.0. The van der Waals surface area contributed by atoms with Crippen molar-refractivity contribution >= 4 is 11.5 Å². The maximum atomic E-state index is 13.0. The number of benzene rings is 2. The third-order valence-corrected chi connectivity index (χ3v) is 3.47. The van der Waals surface area contributed by atoms with Crippen LogP contribution in [0.5, 0.6) is 11.5 Å². The van der Waals surface area contributed by atoms with Gasteiger partial charge in [-0.25, -0.2) is 0 Å². The molecule has 0 amide bonds. The summed E-state index contributed by atoms with van der Waals surface area (Å²) < 4.78 is 10.7. The van der Waals surface area contributed by atoms with E-state index in [-0.39, 0.29) is 5.78 Å². The number of para-hydroxylation sites is 1. The first-order valence-electron chi connectivity index (χ1n) is 6.92. The molecule has 0 saturated heterocycles. The van der Waals surface area contributed by atoms with Gasteiger partial charge >= 0.3 is 0 Å². The van der Waals surface area contributed by atoms with Crippen LogP contribution in [0.25, 0.3) is 0 Å². The third kappa shape index (κ3) is 2.89. The molecule has 0 atom stereocenters. The van der Waals surface area contributed by atoms with Gasteiger partial charge in [0.05, 0.1) is 14.2 Å². The van der Waals surface area contributed by atoms with Crippen LogP contribution < -0.4 is 20.5 Å². The van der Waals surface area contributed by atoms with Gasteiger partial charge in [0.25, 0.3) is 0 Å². The smallest absolute Gasteiger partial charge is 0.202 e. The molecule has 0 aliphatic rings. The third-order valence-electron chi connectivity index (χ3n) is 3.47. The second-order valence-corrected chi connectivity index (χ2v) is 4.70. The molecule has 0 bridgehead atoms. The quantitative estimate of drug-likeness (QED) is 0.802. The zero-order valence-corrected chi connectivity index (χ0v) is 13.0. The Kier molecular flexibility index (Phi) is 5.01. The number of methoxy groups -OCH3 is 2. The predicted octanol–water partition coefficient (Wildman–Crippen LogP) is 2.44. The van der Waals surface area contributed by atoms with Gasteiger partial charge in [0.15, 0.2) is 0 Å². The van der Waals surface area contributed by atoms with E-state index in [4.69, 9.17) is 15.2 Å². The molecule has 2 aromatic carbocycles. The Balaban J connectivity index is 2.62. The monoisotopic (exact) mass is 300 g/mol. The highest BCUT2D eigenvalue weighted by molar-refractivity contribution is 6.15. The van der Waals surface area contributed by atoms with Crippen molar-refractivity contribution in [2.75, 3.05) is 26.6 Å². The SMILES string of the molecule is CNc1ccccc1C(=O)c1c(OC)cc(CN)cc1OC. The highest BCUT2D eigenvalue weighted by atomic mass is 16.5. The number of anilines is 1. The van der Waals surface area contributed by atoms with E-state index in [0.29, 0.717) is 29.2 Å². The molecule has 0 saturated carbocycles. The Morgan fingerprint density at radius 1 is 1.14 bits per heavy atom. The second kappa shape index (κ2) is 6.95. The molecule has 0 unspecified atom stereocenters. The molecule has 0 heterocycles. The number of ketones is 1. The Labute approximate surface area is 130 Å². The summed E-state index contributed by atoms with van der Waals surface area (Å²) in [6.45, 7) is 0.342. The molecule has 0 aromatic heterocycles. The first-order valence-corrected chi connectivity index (χ1v) is 6.92. The largest absolute Gasteiger partial charge is 0.496 e. The number of nitrogens with one attached hydrogen (secondary N) is 1. The van der Waals surface area contributed by atoms with E-state index in [1.807, 2.05) is 18.2 Å². The second-order valence-electron chi connectivity index (χ2n) is 4.70. The van der Waals surface area contributed by atoms with Crippen molar-refractivity contribution in [3.05, 3.63) is 53.1 Å². The van der Waals surface area contributed by atoms with Crippen LogP contribution in [0, 0.1) is 0 Å². The Hall–Kier alpha value is -2.53. The molecule has 0 aliphatic heterocycles. The van der Waals surface area contributed by atoms with Crippen LogP contribution in [-0.4, -0.2) is 27.1 Å². The number of hydrogen-bond acceptors (Lipinski definition) is 5. The van der Waals surface area contributed by atoms with Gasteiger partial charge in [-0.3, -0.25) is 4.79 Å². The molecule has 5 heteroatoms. The number of hydrogen-bond donors (Lipinski definition) is 2. The lowest BCUT2D eigenvalue weighted by Crippen LogP contribution is -2.10. The van der Waals surface area contributed by atoms with E-state index in [9.17, 15) is 4.79 Å². The van der Waals surface area contributed by atoms with Crippen molar-refractivity contribution in [3.63, 3.8) is 0 Å². The Morgan fingerprint density at radius 3 is 2.23 bits per heavy atom. The van der Waals surface area contributed by atoms with Crippen molar-refractivity contribution in [1.82, 2.24) is 0 Å². The number of rotatable bonds is 6. The fourth-order valence-corrected chi connectivity index (χ4v) is 2.34. The van der Waals surface area contributed by atoms with Gasteiger partial charge in [-0.1, -0.05) is 12.1 Å². The van der Waals surface area contributed by atoms with Crippen LogP contribution in [0.2, 0.25) is 0 Å². The number of carbonyl (C=O) groups excluding carboxylic acids is 1. The molecular weight excluding hydrogens is 280 g/mol. The zero-order chi connectivity index (χ0) is 16.1. The van der Waals surface area contributed by atoms with Gasteiger partial charge in [-0.2, -0.15) is 0 Å². The first kappa shape index (κ1) is 15.9. The average molecular weight is 300 g/mol. The summed E-state index contributed by atoms with van der Waals surface area (Å²) in [5.41, 5.74) is 8.21. The summed E-state index contributed by atoms with van der Waals surface area (Å²) in [7, 11) is 4.82. The van der Waals surface area contributed by atoms with Crippen LogP contribution in [-0.2, 0) is 6.54 Å². The van der Waals surface area contributed by atoms with Crippen LogP contribution in [0.3, 0.4) is 0 Å². The molecule has 5 nitrogen and oxygen atoms in total. The van der Waals surface area contributed by atoms with Gasteiger partial charge in [0.1, 0.15) is 17.1 Å². The fraction of sp³-hybridized carbons (Fsp3) is 0.235. The maximum Gasteiger partial charge on any atom is 0.202 e. The Bertz CT molecular complexity index is 658. The van der Waals surface area contributed by atoms with Crippen molar-refractivity contribution in [2.45, 2.75) is 6.54 Å². The van der Waals surface area contributed by atoms with E-state index >= 15 is 0 Å². The van der Waals surface area contributed by atoms with Crippen LogP contribution in [0.1, 0.15) is 21.5 Å². The van der Waals surface area contributed by atoms with Crippen molar-refractivity contribution < 1.29 is 14.3 Å². The molecule has 3 N–H and O–H groups in total. The minimum absolute atomic E-state index is 0.165. The standard InChI is InChI=1S/C17H20N2O3/c1-19-13-7-5-4-6-12(13)17(20)16-14(21-2)8-11(10-18)9-15(16)22-3/h4-9,19H,10,18H2,1-3H3. The van der Waals surface area contributed by atoms with Crippen molar-refractivity contribution in [2.24, 2.45) is 5.73 Å². The van der Waals surface area contributed by atoms with E-state index < -0.39 is 0 Å². The van der Waals surface area contributed by atoms with Crippen LogP contribution >= 0.6 is 0 Å².